The van der Waals surface area contributed by atoms with E-state index >= 15 is 0 Å². The SMILES string of the molecule is COC(=O)C(CCCCC#CC(OC)OC)C(=O)OC. The van der Waals surface area contributed by atoms with Gasteiger partial charge in [-0.1, -0.05) is 12.3 Å². The fourth-order valence-corrected chi connectivity index (χ4v) is 1.55. The molecule has 114 valence electrons. The monoisotopic (exact) mass is 286 g/mol. The molecule has 0 rings (SSSR count). The van der Waals surface area contributed by atoms with Crippen molar-refractivity contribution >= 4 is 11.9 Å². The first-order valence-electron chi connectivity index (χ1n) is 6.30. The zero-order chi connectivity index (χ0) is 15.4. The van der Waals surface area contributed by atoms with Crippen LogP contribution in [0.3, 0.4) is 0 Å². The molecule has 0 heterocycles. The van der Waals surface area contributed by atoms with Crippen molar-refractivity contribution < 1.29 is 28.5 Å². The number of carbonyl (C=O) groups excluding carboxylic acids is 2. The number of hydrogen-bond acceptors (Lipinski definition) is 6. The average molecular weight is 286 g/mol. The van der Waals surface area contributed by atoms with Crippen LogP contribution in [-0.2, 0) is 28.5 Å². The van der Waals surface area contributed by atoms with Crippen LogP contribution in [0.5, 0.6) is 0 Å². The van der Waals surface area contributed by atoms with Crippen LogP contribution in [0.25, 0.3) is 0 Å². The lowest BCUT2D eigenvalue weighted by atomic mass is 10.0. The van der Waals surface area contributed by atoms with Gasteiger partial charge in [0.15, 0.2) is 5.92 Å². The van der Waals surface area contributed by atoms with Gasteiger partial charge in [0.05, 0.1) is 14.2 Å². The number of esters is 2. The van der Waals surface area contributed by atoms with Gasteiger partial charge in [-0.2, -0.15) is 0 Å². The minimum Gasteiger partial charge on any atom is -0.468 e. The molecule has 0 amide bonds. The van der Waals surface area contributed by atoms with Gasteiger partial charge in [0.25, 0.3) is 0 Å². The molecule has 0 N–H and O–H groups in total. The fraction of sp³-hybridized carbons (Fsp3) is 0.714. The van der Waals surface area contributed by atoms with Crippen LogP contribution in [0.2, 0.25) is 0 Å². The van der Waals surface area contributed by atoms with Gasteiger partial charge in [0, 0.05) is 20.6 Å². The Morgan fingerprint density at radius 3 is 1.95 bits per heavy atom. The molecule has 0 unspecified atom stereocenters. The fourth-order valence-electron chi connectivity index (χ4n) is 1.55. The first kappa shape index (κ1) is 18.4. The molecule has 6 nitrogen and oxygen atoms in total. The molecule has 0 atom stereocenters. The lowest BCUT2D eigenvalue weighted by Crippen LogP contribution is -2.26. The van der Waals surface area contributed by atoms with Crippen LogP contribution in [0, 0.1) is 17.8 Å². The summed E-state index contributed by atoms with van der Waals surface area (Å²) >= 11 is 0. The highest BCUT2D eigenvalue weighted by Gasteiger charge is 2.27. The number of rotatable bonds is 8. The minimum absolute atomic E-state index is 0.388. The number of carbonyl (C=O) groups is 2. The largest absolute Gasteiger partial charge is 0.468 e. The van der Waals surface area contributed by atoms with E-state index in [1.807, 2.05) is 0 Å². The number of unbranched alkanes of at least 4 members (excludes halogenated alkanes) is 2. The number of hydrogen-bond donors (Lipinski definition) is 0. The Balaban J connectivity index is 4.07. The van der Waals surface area contributed by atoms with Gasteiger partial charge in [-0.05, 0) is 18.8 Å². The zero-order valence-corrected chi connectivity index (χ0v) is 12.4. The van der Waals surface area contributed by atoms with Gasteiger partial charge in [0.2, 0.25) is 6.29 Å². The molecule has 0 aromatic carbocycles. The molecular weight excluding hydrogens is 264 g/mol. The third-order valence-electron chi connectivity index (χ3n) is 2.66. The molecule has 0 aromatic rings. The molecular formula is C14H22O6. The van der Waals surface area contributed by atoms with Crippen LogP contribution in [0.4, 0.5) is 0 Å². The van der Waals surface area contributed by atoms with Crippen LogP contribution in [-0.4, -0.2) is 46.7 Å². The Hall–Kier alpha value is -1.58. The van der Waals surface area contributed by atoms with Crippen molar-refractivity contribution in [3.05, 3.63) is 0 Å². The van der Waals surface area contributed by atoms with Crippen molar-refractivity contribution in [2.75, 3.05) is 28.4 Å². The zero-order valence-electron chi connectivity index (χ0n) is 12.4. The van der Waals surface area contributed by atoms with E-state index in [0.717, 1.165) is 6.42 Å². The molecule has 0 saturated heterocycles. The molecule has 0 aliphatic carbocycles. The highest BCUT2D eigenvalue weighted by Crippen LogP contribution is 2.13. The van der Waals surface area contributed by atoms with Gasteiger partial charge in [0.1, 0.15) is 0 Å². The van der Waals surface area contributed by atoms with Gasteiger partial charge in [-0.25, -0.2) is 0 Å². The Kier molecular flexibility index (Phi) is 10.4. The molecule has 0 saturated carbocycles. The summed E-state index contributed by atoms with van der Waals surface area (Å²) in [5.41, 5.74) is 0. The minimum atomic E-state index is -0.858. The van der Waals surface area contributed by atoms with Crippen LogP contribution >= 0.6 is 0 Å². The molecule has 0 spiro atoms. The number of methoxy groups -OCH3 is 4. The second kappa shape index (κ2) is 11.3. The van der Waals surface area contributed by atoms with Crippen molar-refractivity contribution in [2.24, 2.45) is 5.92 Å². The summed E-state index contributed by atoms with van der Waals surface area (Å²) in [7, 11) is 5.53. The van der Waals surface area contributed by atoms with Crippen LogP contribution < -0.4 is 0 Å². The Bertz CT molecular complexity index is 334. The maximum absolute atomic E-state index is 11.4. The molecule has 0 aliphatic rings. The van der Waals surface area contributed by atoms with Crippen LogP contribution in [0.15, 0.2) is 0 Å². The van der Waals surface area contributed by atoms with E-state index in [2.05, 4.69) is 21.3 Å². The first-order chi connectivity index (χ1) is 9.60. The van der Waals surface area contributed by atoms with E-state index in [9.17, 15) is 9.59 Å². The maximum Gasteiger partial charge on any atom is 0.320 e. The lowest BCUT2D eigenvalue weighted by molar-refractivity contribution is -0.159. The van der Waals surface area contributed by atoms with Gasteiger partial charge < -0.3 is 18.9 Å². The van der Waals surface area contributed by atoms with Crippen molar-refractivity contribution in [1.29, 1.82) is 0 Å². The van der Waals surface area contributed by atoms with E-state index in [-0.39, 0.29) is 0 Å². The molecule has 0 bridgehead atoms. The molecule has 20 heavy (non-hydrogen) atoms. The predicted octanol–water partition coefficient (Wildman–Crippen LogP) is 1.13. The van der Waals surface area contributed by atoms with Crippen LogP contribution in [0.1, 0.15) is 25.7 Å². The average Bonchev–Trinajstić information content (AvgIpc) is 2.49. The third-order valence-corrected chi connectivity index (χ3v) is 2.66. The molecule has 0 fully saturated rings. The summed E-state index contributed by atoms with van der Waals surface area (Å²) in [6, 6.07) is 0. The van der Waals surface area contributed by atoms with Crippen molar-refractivity contribution in [2.45, 2.75) is 32.0 Å². The van der Waals surface area contributed by atoms with Crippen molar-refractivity contribution in [3.8, 4) is 11.8 Å². The maximum atomic E-state index is 11.4. The molecule has 0 aromatic heterocycles. The van der Waals surface area contributed by atoms with E-state index in [1.165, 1.54) is 28.4 Å². The molecule has 0 aliphatic heterocycles. The highest BCUT2D eigenvalue weighted by atomic mass is 16.7. The second-order valence-electron chi connectivity index (χ2n) is 3.97. The normalized spacial score (nSPS) is 10.1. The predicted molar refractivity (Wildman–Crippen MR) is 71.6 cm³/mol. The smallest absolute Gasteiger partial charge is 0.320 e. The molecule has 0 radical (unpaired) electrons. The van der Waals surface area contributed by atoms with Crippen molar-refractivity contribution in [1.82, 2.24) is 0 Å². The van der Waals surface area contributed by atoms with Gasteiger partial charge >= 0.3 is 11.9 Å². The standard InChI is InChI=1S/C14H22O6/c1-17-12(18-2)10-8-6-5-7-9-11(13(15)19-3)14(16)20-4/h11-12H,5-7,9H2,1-4H3. The van der Waals surface area contributed by atoms with Gasteiger partial charge in [-0.15, -0.1) is 0 Å². The summed E-state index contributed by atoms with van der Waals surface area (Å²) < 4.78 is 19.0. The van der Waals surface area contributed by atoms with E-state index in [4.69, 9.17) is 9.47 Å². The van der Waals surface area contributed by atoms with Crippen molar-refractivity contribution in [3.63, 3.8) is 0 Å². The summed E-state index contributed by atoms with van der Waals surface area (Å²) in [5.74, 6) is 3.72. The van der Waals surface area contributed by atoms with Gasteiger partial charge in [-0.3, -0.25) is 9.59 Å². The first-order valence-corrected chi connectivity index (χ1v) is 6.30. The summed E-state index contributed by atoms with van der Waals surface area (Å²) in [6.45, 7) is 0. The molecule has 6 heteroatoms. The number of ether oxygens (including phenoxy) is 4. The van der Waals surface area contributed by atoms with E-state index < -0.39 is 24.1 Å². The quantitative estimate of drug-likeness (QED) is 0.219. The summed E-state index contributed by atoms with van der Waals surface area (Å²) in [4.78, 5) is 22.8. The second-order valence-corrected chi connectivity index (χ2v) is 3.97. The lowest BCUT2D eigenvalue weighted by Gasteiger charge is -2.11. The van der Waals surface area contributed by atoms with E-state index in [1.54, 1.807) is 0 Å². The highest BCUT2D eigenvalue weighted by molar-refractivity contribution is 5.94. The summed E-state index contributed by atoms with van der Waals surface area (Å²) in [5, 5.41) is 0. The Labute approximate surface area is 119 Å². The Morgan fingerprint density at radius 1 is 0.950 bits per heavy atom. The third kappa shape index (κ3) is 7.12. The topological polar surface area (TPSA) is 71.1 Å². The summed E-state index contributed by atoms with van der Waals surface area (Å²) in [6.07, 6.45) is 1.94. The van der Waals surface area contributed by atoms with E-state index in [0.29, 0.717) is 19.3 Å². The Morgan fingerprint density at radius 2 is 1.50 bits per heavy atom.